The highest BCUT2D eigenvalue weighted by atomic mass is 16.6. The Bertz CT molecular complexity index is 1280. The molecular formula is C32H33NO5. The molecule has 0 saturated carbocycles. The molecule has 38 heavy (non-hydrogen) atoms. The van der Waals surface area contributed by atoms with Crippen LogP contribution < -0.4 is 0 Å². The second-order valence-corrected chi connectivity index (χ2v) is 9.72. The van der Waals surface area contributed by atoms with E-state index >= 15 is 0 Å². The summed E-state index contributed by atoms with van der Waals surface area (Å²) in [4.78, 5) is 14.6. The largest absolute Gasteiger partial charge is 0.374 e. The van der Waals surface area contributed by atoms with Crippen LogP contribution in [0.25, 0.3) is 0 Å². The second kappa shape index (κ2) is 12.3. The van der Waals surface area contributed by atoms with E-state index in [1.165, 1.54) is 0 Å². The molecule has 196 valence electrons. The lowest BCUT2D eigenvalue weighted by atomic mass is 9.90. The van der Waals surface area contributed by atoms with Crippen LogP contribution in [-0.4, -0.2) is 35.7 Å². The third-order valence-corrected chi connectivity index (χ3v) is 6.93. The lowest BCUT2D eigenvalue weighted by Crippen LogP contribution is -2.47. The van der Waals surface area contributed by atoms with Crippen LogP contribution in [0.2, 0.25) is 0 Å². The Morgan fingerprint density at radius 1 is 0.789 bits per heavy atom. The summed E-state index contributed by atoms with van der Waals surface area (Å²) < 4.78 is 26.0. The topological polar surface area (TPSA) is 69.8 Å². The molecule has 6 nitrogen and oxygen atoms in total. The first-order chi connectivity index (χ1) is 18.7. The molecule has 5 rings (SSSR count). The van der Waals surface area contributed by atoms with Gasteiger partial charge in [0.15, 0.2) is 6.29 Å². The number of aldehydes is 1. The first-order valence-electron chi connectivity index (χ1n) is 12.9. The number of carbonyl (C=O) groups excluding carboxylic acids is 1. The van der Waals surface area contributed by atoms with Crippen LogP contribution in [0.4, 0.5) is 0 Å². The van der Waals surface area contributed by atoms with Crippen LogP contribution >= 0.6 is 0 Å². The van der Waals surface area contributed by atoms with Crippen LogP contribution in [0.5, 0.6) is 0 Å². The normalized spacial score (nSPS) is 22.9. The maximum atomic E-state index is 11.4. The fourth-order valence-electron chi connectivity index (χ4n) is 4.93. The average Bonchev–Trinajstić information content (AvgIpc) is 3.55. The van der Waals surface area contributed by atoms with Gasteiger partial charge < -0.3 is 23.9 Å². The van der Waals surface area contributed by atoms with E-state index in [0.29, 0.717) is 32.1 Å². The monoisotopic (exact) mass is 511 g/mol. The van der Waals surface area contributed by atoms with E-state index in [9.17, 15) is 4.79 Å². The SMILES string of the molecule is C[C@]1(OCc2ccccc2)C(c2ccc(C=O)[nH]2)OC(COCc2ccccc2)[C@H]1OCc1ccccc1. The van der Waals surface area contributed by atoms with Crippen molar-refractivity contribution in [3.63, 3.8) is 0 Å². The summed E-state index contributed by atoms with van der Waals surface area (Å²) in [6.07, 6.45) is -0.526. The second-order valence-electron chi connectivity index (χ2n) is 9.72. The number of nitrogens with one attached hydrogen (secondary N) is 1. The highest BCUT2D eigenvalue weighted by Gasteiger charge is 2.56. The molecule has 1 N–H and O–H groups in total. The lowest BCUT2D eigenvalue weighted by Gasteiger charge is -2.35. The van der Waals surface area contributed by atoms with Crippen LogP contribution in [0, 0.1) is 0 Å². The van der Waals surface area contributed by atoms with E-state index in [1.807, 2.05) is 104 Å². The van der Waals surface area contributed by atoms with Crippen molar-refractivity contribution in [2.75, 3.05) is 6.61 Å². The van der Waals surface area contributed by atoms with Gasteiger partial charge in [-0.25, -0.2) is 0 Å². The van der Waals surface area contributed by atoms with Gasteiger partial charge in [0.1, 0.15) is 23.9 Å². The summed E-state index contributed by atoms with van der Waals surface area (Å²) in [7, 11) is 0. The van der Waals surface area contributed by atoms with E-state index in [-0.39, 0.29) is 0 Å². The molecule has 2 heterocycles. The molecule has 4 atom stereocenters. The van der Waals surface area contributed by atoms with Gasteiger partial charge in [-0.1, -0.05) is 91.0 Å². The van der Waals surface area contributed by atoms with Gasteiger partial charge in [-0.3, -0.25) is 4.79 Å². The molecule has 1 fully saturated rings. The fraction of sp³-hybridized carbons (Fsp3) is 0.281. The maximum absolute atomic E-state index is 11.4. The molecule has 0 aliphatic carbocycles. The quantitative estimate of drug-likeness (QED) is 0.235. The Morgan fingerprint density at radius 2 is 1.37 bits per heavy atom. The molecule has 0 bridgehead atoms. The minimum Gasteiger partial charge on any atom is -0.374 e. The molecule has 2 unspecified atom stereocenters. The van der Waals surface area contributed by atoms with Crippen molar-refractivity contribution in [3.8, 4) is 0 Å². The van der Waals surface area contributed by atoms with E-state index in [1.54, 1.807) is 6.07 Å². The smallest absolute Gasteiger partial charge is 0.166 e. The minimum atomic E-state index is -0.865. The summed E-state index contributed by atoms with van der Waals surface area (Å²) in [5.41, 5.74) is 3.59. The molecule has 1 aromatic heterocycles. The van der Waals surface area contributed by atoms with Crippen LogP contribution in [0.3, 0.4) is 0 Å². The molecular weight excluding hydrogens is 478 g/mol. The zero-order valence-electron chi connectivity index (χ0n) is 21.5. The summed E-state index contributed by atoms with van der Waals surface area (Å²) in [5.74, 6) is 0. The molecule has 1 aliphatic heterocycles. The predicted octanol–water partition coefficient (Wildman–Crippen LogP) is 6.04. The highest BCUT2D eigenvalue weighted by Crippen LogP contribution is 2.46. The Balaban J connectivity index is 1.41. The molecule has 1 aliphatic rings. The number of H-pyrrole nitrogens is 1. The number of ether oxygens (including phenoxy) is 4. The first kappa shape index (κ1) is 26.1. The average molecular weight is 512 g/mol. The Kier molecular flexibility index (Phi) is 8.46. The number of hydrogen-bond donors (Lipinski definition) is 1. The molecule has 0 spiro atoms. The van der Waals surface area contributed by atoms with Gasteiger partial charge in [0.05, 0.1) is 32.1 Å². The molecule has 0 amide bonds. The highest BCUT2D eigenvalue weighted by molar-refractivity contribution is 5.72. The lowest BCUT2D eigenvalue weighted by molar-refractivity contribution is -0.148. The van der Waals surface area contributed by atoms with Crippen molar-refractivity contribution in [3.05, 3.63) is 131 Å². The number of aromatic amines is 1. The van der Waals surface area contributed by atoms with Crippen molar-refractivity contribution in [2.24, 2.45) is 0 Å². The number of carbonyl (C=O) groups is 1. The van der Waals surface area contributed by atoms with Crippen molar-refractivity contribution in [1.29, 1.82) is 0 Å². The zero-order chi connectivity index (χ0) is 26.2. The van der Waals surface area contributed by atoms with Gasteiger partial charge in [0.25, 0.3) is 0 Å². The Morgan fingerprint density at radius 3 is 1.95 bits per heavy atom. The number of aromatic nitrogens is 1. The zero-order valence-corrected chi connectivity index (χ0v) is 21.5. The van der Waals surface area contributed by atoms with E-state index in [2.05, 4.69) is 4.98 Å². The van der Waals surface area contributed by atoms with Crippen molar-refractivity contribution in [2.45, 2.75) is 50.7 Å². The summed E-state index contributed by atoms with van der Waals surface area (Å²) in [6.45, 7) is 3.62. The van der Waals surface area contributed by atoms with E-state index < -0.39 is 23.9 Å². The number of rotatable bonds is 12. The van der Waals surface area contributed by atoms with Crippen molar-refractivity contribution < 1.29 is 23.7 Å². The Labute approximate surface area is 223 Å². The molecule has 0 radical (unpaired) electrons. The van der Waals surface area contributed by atoms with Gasteiger partial charge in [-0.05, 0) is 35.7 Å². The van der Waals surface area contributed by atoms with Gasteiger partial charge in [-0.15, -0.1) is 0 Å². The predicted molar refractivity (Wildman–Crippen MR) is 145 cm³/mol. The summed E-state index contributed by atoms with van der Waals surface area (Å²) in [6, 6.07) is 33.8. The standard InChI is InChI=1S/C32H33NO5/c1-32(37-22-26-15-9-4-10-16-26)30(28-18-17-27(19-34)33-28)38-29(23-35-20-24-11-5-2-6-12-24)31(32)36-21-25-13-7-3-8-14-25/h2-19,29-31,33H,20-23H2,1H3/t29?,30?,31-,32+/m1/s1. The van der Waals surface area contributed by atoms with Crippen LogP contribution in [-0.2, 0) is 38.8 Å². The van der Waals surface area contributed by atoms with Crippen LogP contribution in [0.15, 0.2) is 103 Å². The van der Waals surface area contributed by atoms with E-state index in [4.69, 9.17) is 18.9 Å². The van der Waals surface area contributed by atoms with Crippen LogP contribution in [0.1, 0.15) is 45.9 Å². The number of hydrogen-bond acceptors (Lipinski definition) is 5. The molecule has 1 saturated heterocycles. The summed E-state index contributed by atoms with van der Waals surface area (Å²) in [5, 5.41) is 0. The fourth-order valence-corrected chi connectivity index (χ4v) is 4.93. The minimum absolute atomic E-state index is 0.330. The first-order valence-corrected chi connectivity index (χ1v) is 12.9. The third-order valence-electron chi connectivity index (χ3n) is 6.93. The molecule has 6 heteroatoms. The third kappa shape index (κ3) is 6.11. The van der Waals surface area contributed by atoms with Gasteiger partial charge >= 0.3 is 0 Å². The Hall–Kier alpha value is -3.55. The summed E-state index contributed by atoms with van der Waals surface area (Å²) >= 11 is 0. The van der Waals surface area contributed by atoms with Crippen molar-refractivity contribution >= 4 is 6.29 Å². The van der Waals surface area contributed by atoms with E-state index in [0.717, 1.165) is 28.7 Å². The maximum Gasteiger partial charge on any atom is 0.166 e. The molecule has 3 aromatic carbocycles. The van der Waals surface area contributed by atoms with Gasteiger partial charge in [-0.2, -0.15) is 0 Å². The van der Waals surface area contributed by atoms with Gasteiger partial charge in [0, 0.05) is 5.69 Å². The molecule has 4 aromatic rings. The van der Waals surface area contributed by atoms with Gasteiger partial charge in [0.2, 0.25) is 0 Å². The van der Waals surface area contributed by atoms with Crippen molar-refractivity contribution in [1.82, 2.24) is 4.98 Å². The number of benzene rings is 3.